The van der Waals surface area contributed by atoms with E-state index in [4.69, 9.17) is 9.90 Å². The number of amides is 2. The minimum Gasteiger partial charge on any atom is -0.483 e. The van der Waals surface area contributed by atoms with Crippen LogP contribution in [0.25, 0.3) is 0 Å². The van der Waals surface area contributed by atoms with Gasteiger partial charge in [-0.25, -0.2) is 0 Å². The molecule has 0 spiro atoms. The maximum atomic E-state index is 12.8. The lowest BCUT2D eigenvalue weighted by atomic mass is 9.73. The van der Waals surface area contributed by atoms with Crippen LogP contribution < -0.4 is 5.32 Å². The Bertz CT molecular complexity index is 764. The second kappa shape index (κ2) is 11.4. The van der Waals surface area contributed by atoms with Crippen LogP contribution in [0, 0.1) is 23.2 Å². The van der Waals surface area contributed by atoms with Gasteiger partial charge in [-0.3, -0.25) is 19.4 Å². The van der Waals surface area contributed by atoms with Gasteiger partial charge in [-0.05, 0) is 61.1 Å². The Morgan fingerprint density at radius 3 is 2.53 bits per heavy atom. The number of rotatable bonds is 5. The summed E-state index contributed by atoms with van der Waals surface area (Å²) >= 11 is 0. The molecule has 0 unspecified atom stereocenters. The Hall–Kier alpha value is -2.44. The average Bonchev–Trinajstić information content (AvgIpc) is 3.24. The molecule has 2 amide bonds. The molecule has 1 aromatic rings. The minimum absolute atomic E-state index is 0.172. The van der Waals surface area contributed by atoms with Crippen LogP contribution in [0.4, 0.5) is 0 Å². The van der Waals surface area contributed by atoms with Gasteiger partial charge in [0.25, 0.3) is 6.47 Å². The summed E-state index contributed by atoms with van der Waals surface area (Å²) in [6, 6.07) is 3.84. The van der Waals surface area contributed by atoms with Crippen molar-refractivity contribution < 1.29 is 19.5 Å². The molecule has 4 rings (SSSR count). The fraction of sp³-hybridized carbons (Fsp3) is 0.680. The van der Waals surface area contributed by atoms with E-state index >= 15 is 0 Å². The normalized spacial score (nSPS) is 26.3. The number of fused-ring (bicyclic) bond motifs is 1. The monoisotopic (exact) mass is 443 g/mol. The molecule has 2 saturated carbocycles. The highest BCUT2D eigenvalue weighted by Crippen LogP contribution is 2.41. The van der Waals surface area contributed by atoms with Crippen molar-refractivity contribution in [3.8, 4) is 0 Å². The van der Waals surface area contributed by atoms with Crippen LogP contribution >= 0.6 is 0 Å². The average molecular weight is 444 g/mol. The standard InChI is InChI=1S/C24H35N3O2.CH2O2/c1-24(10-3-2-4-11-24)23(29)26-15-19-6-5-7-20-16-27(17-21(19)20)22(28)14-18-8-12-25-13-9-18;2-1-3/h8-9,12-13,19-21H,2-7,10-11,14-17H2,1H3,(H,26,29);1H,(H,2,3)/t19-,20+,21-;/m1./s1. The highest BCUT2D eigenvalue weighted by Gasteiger charge is 2.42. The topological polar surface area (TPSA) is 99.6 Å². The van der Waals surface area contributed by atoms with E-state index in [1.165, 1.54) is 38.5 Å². The summed E-state index contributed by atoms with van der Waals surface area (Å²) in [6.45, 7) is 4.41. The number of hydrogen-bond donors (Lipinski definition) is 2. The molecule has 2 N–H and O–H groups in total. The third-order valence-electron chi connectivity index (χ3n) is 7.73. The van der Waals surface area contributed by atoms with Crippen molar-refractivity contribution >= 4 is 18.3 Å². The van der Waals surface area contributed by atoms with Crippen LogP contribution in [0.3, 0.4) is 0 Å². The maximum absolute atomic E-state index is 12.8. The summed E-state index contributed by atoms with van der Waals surface area (Å²) in [5, 5.41) is 10.2. The van der Waals surface area contributed by atoms with Gasteiger partial charge in [-0.2, -0.15) is 0 Å². The predicted octanol–water partition coefficient (Wildman–Crippen LogP) is 3.29. The quantitative estimate of drug-likeness (QED) is 0.681. The first kappa shape index (κ1) is 24.2. The number of likely N-dealkylation sites (tertiary alicyclic amines) is 1. The van der Waals surface area contributed by atoms with Crippen molar-refractivity contribution in [3.63, 3.8) is 0 Å². The Morgan fingerprint density at radius 1 is 1.16 bits per heavy atom. The predicted molar refractivity (Wildman–Crippen MR) is 122 cm³/mol. The summed E-state index contributed by atoms with van der Waals surface area (Å²) < 4.78 is 0. The Morgan fingerprint density at radius 2 is 1.84 bits per heavy atom. The van der Waals surface area contributed by atoms with E-state index in [9.17, 15) is 9.59 Å². The van der Waals surface area contributed by atoms with Crippen molar-refractivity contribution in [1.29, 1.82) is 0 Å². The summed E-state index contributed by atoms with van der Waals surface area (Å²) in [6.07, 6.45) is 13.2. The first-order chi connectivity index (χ1) is 15.5. The van der Waals surface area contributed by atoms with Crippen molar-refractivity contribution in [2.45, 2.75) is 64.7 Å². The number of nitrogens with one attached hydrogen (secondary N) is 1. The third kappa shape index (κ3) is 6.08. The van der Waals surface area contributed by atoms with Crippen molar-refractivity contribution in [3.05, 3.63) is 30.1 Å². The summed E-state index contributed by atoms with van der Waals surface area (Å²) in [7, 11) is 0. The van der Waals surface area contributed by atoms with Gasteiger partial charge in [-0.1, -0.05) is 32.6 Å². The summed E-state index contributed by atoms with van der Waals surface area (Å²) in [4.78, 5) is 40.1. The number of aromatic nitrogens is 1. The molecule has 3 atom stereocenters. The minimum atomic E-state index is -0.250. The van der Waals surface area contributed by atoms with Gasteiger partial charge in [0.1, 0.15) is 0 Å². The van der Waals surface area contributed by atoms with E-state index in [1.807, 2.05) is 12.1 Å². The van der Waals surface area contributed by atoms with E-state index in [1.54, 1.807) is 12.4 Å². The van der Waals surface area contributed by atoms with Gasteiger partial charge < -0.3 is 15.3 Å². The van der Waals surface area contributed by atoms with Gasteiger partial charge in [-0.15, -0.1) is 0 Å². The van der Waals surface area contributed by atoms with Gasteiger partial charge in [0.05, 0.1) is 6.42 Å². The number of nitrogens with zero attached hydrogens (tertiary/aromatic N) is 2. The highest BCUT2D eigenvalue weighted by atomic mass is 16.3. The molecule has 0 bridgehead atoms. The first-order valence-corrected chi connectivity index (χ1v) is 12.0. The zero-order chi connectivity index (χ0) is 23.0. The lowest BCUT2D eigenvalue weighted by molar-refractivity contribution is -0.132. The number of hydrogen-bond acceptors (Lipinski definition) is 4. The number of pyridine rings is 1. The molecule has 1 aliphatic heterocycles. The van der Waals surface area contributed by atoms with Crippen LogP contribution in [0.1, 0.15) is 63.9 Å². The molecule has 1 aromatic heterocycles. The molecule has 7 nitrogen and oxygen atoms in total. The van der Waals surface area contributed by atoms with E-state index in [-0.39, 0.29) is 23.7 Å². The first-order valence-electron chi connectivity index (χ1n) is 12.0. The van der Waals surface area contributed by atoms with Gasteiger partial charge in [0.2, 0.25) is 11.8 Å². The van der Waals surface area contributed by atoms with E-state index < -0.39 is 0 Å². The van der Waals surface area contributed by atoms with Gasteiger partial charge in [0, 0.05) is 37.4 Å². The summed E-state index contributed by atoms with van der Waals surface area (Å²) in [5.74, 6) is 2.11. The summed E-state index contributed by atoms with van der Waals surface area (Å²) in [5.41, 5.74) is 0.860. The van der Waals surface area contributed by atoms with Crippen molar-refractivity contribution in [2.75, 3.05) is 19.6 Å². The molecule has 2 aliphatic carbocycles. The fourth-order valence-electron chi connectivity index (χ4n) is 5.83. The van der Waals surface area contributed by atoms with Crippen LogP contribution in [0.5, 0.6) is 0 Å². The molecule has 176 valence electrons. The second-order valence-electron chi connectivity index (χ2n) is 9.88. The molecule has 3 aliphatic rings. The van der Waals surface area contributed by atoms with E-state index in [0.29, 0.717) is 24.2 Å². The molecule has 32 heavy (non-hydrogen) atoms. The lowest BCUT2D eigenvalue weighted by Gasteiger charge is -2.35. The van der Waals surface area contributed by atoms with Crippen molar-refractivity contribution in [2.24, 2.45) is 23.2 Å². The highest BCUT2D eigenvalue weighted by molar-refractivity contribution is 5.82. The molecule has 0 aromatic carbocycles. The zero-order valence-corrected chi connectivity index (χ0v) is 19.2. The Labute approximate surface area is 191 Å². The fourth-order valence-corrected chi connectivity index (χ4v) is 5.83. The number of carbonyl (C=O) groups is 3. The van der Waals surface area contributed by atoms with Crippen LogP contribution in [-0.4, -0.2) is 52.9 Å². The maximum Gasteiger partial charge on any atom is 0.290 e. The van der Waals surface area contributed by atoms with Gasteiger partial charge >= 0.3 is 0 Å². The van der Waals surface area contributed by atoms with E-state index in [0.717, 1.165) is 38.0 Å². The zero-order valence-electron chi connectivity index (χ0n) is 19.2. The Balaban J connectivity index is 0.000000913. The number of carbonyl (C=O) groups excluding carboxylic acids is 2. The molecule has 0 radical (unpaired) electrons. The third-order valence-corrected chi connectivity index (χ3v) is 7.73. The molecular formula is C25H37N3O4. The molecule has 2 heterocycles. The molecule has 1 saturated heterocycles. The van der Waals surface area contributed by atoms with E-state index in [2.05, 4.69) is 22.1 Å². The largest absolute Gasteiger partial charge is 0.483 e. The van der Waals surface area contributed by atoms with Crippen LogP contribution in [0.2, 0.25) is 0 Å². The smallest absolute Gasteiger partial charge is 0.290 e. The van der Waals surface area contributed by atoms with Crippen LogP contribution in [-0.2, 0) is 20.8 Å². The SMILES string of the molecule is CC1(C(=O)NC[C@H]2CCC[C@H]3CN(C(=O)Cc4ccncc4)C[C@H]23)CCCCC1.O=CO. The Kier molecular flexibility index (Phi) is 8.65. The lowest BCUT2D eigenvalue weighted by Crippen LogP contribution is -2.44. The van der Waals surface area contributed by atoms with Crippen LogP contribution in [0.15, 0.2) is 24.5 Å². The molecular weight excluding hydrogens is 406 g/mol. The number of carboxylic acid groups (broad SMARTS) is 1. The molecule has 7 heteroatoms. The molecule has 3 fully saturated rings. The van der Waals surface area contributed by atoms with Gasteiger partial charge in [0.15, 0.2) is 0 Å². The van der Waals surface area contributed by atoms with Crippen molar-refractivity contribution in [1.82, 2.24) is 15.2 Å². The second-order valence-corrected chi connectivity index (χ2v) is 9.88.